The van der Waals surface area contributed by atoms with Gasteiger partial charge in [0.2, 0.25) is 0 Å². The van der Waals surface area contributed by atoms with Crippen LogP contribution in [0.1, 0.15) is 40.5 Å². The molecule has 1 aliphatic rings. The lowest BCUT2D eigenvalue weighted by Gasteiger charge is -2.33. The summed E-state index contributed by atoms with van der Waals surface area (Å²) in [6, 6.07) is 0. The second kappa shape index (κ2) is 6.73. The summed E-state index contributed by atoms with van der Waals surface area (Å²) in [6.45, 7) is 7.63. The monoisotopic (exact) mass is 268 g/mol. The van der Waals surface area contributed by atoms with E-state index in [4.69, 9.17) is 4.74 Å². The molecule has 1 aliphatic carbocycles. The molecule has 0 spiro atoms. The zero-order valence-electron chi connectivity index (χ0n) is 12.1. The van der Waals surface area contributed by atoms with Gasteiger partial charge in [0.05, 0.1) is 11.8 Å². The molecule has 19 heavy (non-hydrogen) atoms. The number of carboxylic acids is 1. The molecule has 4 nitrogen and oxygen atoms in total. The van der Waals surface area contributed by atoms with E-state index in [0.717, 1.165) is 12.8 Å². The predicted molar refractivity (Wildman–Crippen MR) is 72.5 cm³/mol. The van der Waals surface area contributed by atoms with Crippen LogP contribution < -0.4 is 0 Å². The first-order chi connectivity index (χ1) is 8.92. The molecule has 0 saturated heterocycles. The normalized spacial score (nSPS) is 30.4. The van der Waals surface area contributed by atoms with Crippen molar-refractivity contribution in [2.45, 2.75) is 46.6 Å². The lowest BCUT2D eigenvalue weighted by molar-refractivity contribution is -0.165. The third kappa shape index (κ3) is 3.58. The summed E-state index contributed by atoms with van der Waals surface area (Å²) in [7, 11) is 0. The zero-order valence-corrected chi connectivity index (χ0v) is 12.1. The maximum atomic E-state index is 12.3. The highest BCUT2D eigenvalue weighted by molar-refractivity contribution is 5.82. The molecule has 0 saturated carbocycles. The largest absolute Gasteiger partial charge is 0.481 e. The van der Waals surface area contributed by atoms with Gasteiger partial charge in [-0.3, -0.25) is 9.59 Å². The highest BCUT2D eigenvalue weighted by Crippen LogP contribution is 2.35. The fourth-order valence-electron chi connectivity index (χ4n) is 2.68. The fourth-order valence-corrected chi connectivity index (χ4v) is 2.68. The van der Waals surface area contributed by atoms with Crippen molar-refractivity contribution >= 4 is 11.9 Å². The molecule has 0 aromatic carbocycles. The lowest BCUT2D eigenvalue weighted by atomic mass is 9.71. The van der Waals surface area contributed by atoms with Gasteiger partial charge < -0.3 is 9.84 Å². The molecule has 108 valence electrons. The Kier molecular flexibility index (Phi) is 5.58. The molecule has 4 unspecified atom stereocenters. The number of hydrogen-bond donors (Lipinski definition) is 1. The van der Waals surface area contributed by atoms with Crippen molar-refractivity contribution < 1.29 is 19.4 Å². The van der Waals surface area contributed by atoms with Gasteiger partial charge in [-0.25, -0.2) is 0 Å². The van der Waals surface area contributed by atoms with Crippen LogP contribution in [0.2, 0.25) is 0 Å². The molecule has 0 heterocycles. The Hall–Kier alpha value is -1.32. The van der Waals surface area contributed by atoms with Crippen molar-refractivity contribution in [1.82, 2.24) is 0 Å². The Morgan fingerprint density at radius 3 is 2.00 bits per heavy atom. The summed E-state index contributed by atoms with van der Waals surface area (Å²) in [5, 5.41) is 9.35. The van der Waals surface area contributed by atoms with E-state index < -0.39 is 17.8 Å². The Bertz CT molecular complexity index is 357. The van der Waals surface area contributed by atoms with Crippen molar-refractivity contribution in [1.29, 1.82) is 0 Å². The van der Waals surface area contributed by atoms with Crippen LogP contribution in [0.3, 0.4) is 0 Å². The minimum atomic E-state index is -0.921. The zero-order chi connectivity index (χ0) is 14.6. The first-order valence-electron chi connectivity index (χ1n) is 7.03. The van der Waals surface area contributed by atoms with Crippen LogP contribution in [0, 0.1) is 23.7 Å². The van der Waals surface area contributed by atoms with Crippen molar-refractivity contribution in [2.75, 3.05) is 0 Å². The second-order valence-electron chi connectivity index (χ2n) is 5.37. The molecule has 0 fully saturated rings. The van der Waals surface area contributed by atoms with Crippen LogP contribution in [0.4, 0.5) is 0 Å². The average molecular weight is 268 g/mol. The van der Waals surface area contributed by atoms with Gasteiger partial charge in [0.1, 0.15) is 6.10 Å². The Morgan fingerprint density at radius 1 is 1.11 bits per heavy atom. The molecule has 1 N–H and O–H groups in total. The number of carboxylic acid groups (broad SMARTS) is 1. The van der Waals surface area contributed by atoms with Gasteiger partial charge in [0, 0.05) is 0 Å². The summed E-state index contributed by atoms with van der Waals surface area (Å²) in [6.07, 6.45) is 5.20. The topological polar surface area (TPSA) is 63.6 Å². The van der Waals surface area contributed by atoms with Gasteiger partial charge in [-0.1, -0.05) is 39.8 Å². The van der Waals surface area contributed by atoms with Crippen molar-refractivity contribution in [3.8, 4) is 0 Å². The van der Waals surface area contributed by atoms with Crippen molar-refractivity contribution in [2.24, 2.45) is 23.7 Å². The first kappa shape index (κ1) is 15.7. The molecule has 4 atom stereocenters. The van der Waals surface area contributed by atoms with Gasteiger partial charge in [-0.2, -0.15) is 0 Å². The molecule has 4 heteroatoms. The number of allylic oxidation sites excluding steroid dienone is 2. The molecule has 1 rings (SSSR count). The van der Waals surface area contributed by atoms with Gasteiger partial charge >= 0.3 is 11.9 Å². The van der Waals surface area contributed by atoms with Crippen LogP contribution in [0.15, 0.2) is 12.2 Å². The summed E-state index contributed by atoms with van der Waals surface area (Å²) in [5.74, 6) is -2.81. The van der Waals surface area contributed by atoms with Crippen molar-refractivity contribution in [3.05, 3.63) is 12.2 Å². The smallest absolute Gasteiger partial charge is 0.310 e. The van der Waals surface area contributed by atoms with Crippen LogP contribution in [-0.4, -0.2) is 23.1 Å². The maximum Gasteiger partial charge on any atom is 0.310 e. The fraction of sp³-hybridized carbons (Fsp3) is 0.733. The summed E-state index contributed by atoms with van der Waals surface area (Å²) in [4.78, 5) is 23.7. The summed E-state index contributed by atoms with van der Waals surface area (Å²) in [5.41, 5.74) is 0. The molecular formula is C15H24O4. The SMILES string of the molecule is CCC(CC)OC(=O)C1C(C)C=CC(C)C1C(=O)O. The molecule has 0 radical (unpaired) electrons. The van der Waals surface area contributed by atoms with Crippen LogP contribution in [-0.2, 0) is 14.3 Å². The summed E-state index contributed by atoms with van der Waals surface area (Å²) < 4.78 is 5.45. The average Bonchev–Trinajstić information content (AvgIpc) is 2.37. The highest BCUT2D eigenvalue weighted by atomic mass is 16.5. The van der Waals surface area contributed by atoms with E-state index in [9.17, 15) is 14.7 Å². The quantitative estimate of drug-likeness (QED) is 0.615. The number of aliphatic carboxylic acids is 1. The number of carbonyl (C=O) groups is 2. The lowest BCUT2D eigenvalue weighted by Crippen LogP contribution is -2.41. The number of carbonyl (C=O) groups excluding carboxylic acids is 1. The molecule has 0 aromatic rings. The minimum absolute atomic E-state index is 0.0980. The minimum Gasteiger partial charge on any atom is -0.481 e. The van der Waals surface area contributed by atoms with Crippen LogP contribution in [0.5, 0.6) is 0 Å². The molecule has 0 aliphatic heterocycles. The highest BCUT2D eigenvalue weighted by Gasteiger charge is 2.43. The van der Waals surface area contributed by atoms with E-state index in [1.165, 1.54) is 0 Å². The van der Waals surface area contributed by atoms with E-state index >= 15 is 0 Å². The third-order valence-electron chi connectivity index (χ3n) is 3.99. The molecule has 0 amide bonds. The first-order valence-corrected chi connectivity index (χ1v) is 7.03. The molecule has 0 bridgehead atoms. The number of hydrogen-bond acceptors (Lipinski definition) is 3. The summed E-state index contributed by atoms with van der Waals surface area (Å²) >= 11 is 0. The number of rotatable bonds is 5. The van der Waals surface area contributed by atoms with Crippen molar-refractivity contribution in [3.63, 3.8) is 0 Å². The van der Waals surface area contributed by atoms with E-state index in [1.54, 1.807) is 0 Å². The Labute approximate surface area is 114 Å². The van der Waals surface area contributed by atoms with Crippen LogP contribution in [0.25, 0.3) is 0 Å². The molecular weight excluding hydrogens is 244 g/mol. The van der Waals surface area contributed by atoms with Gasteiger partial charge in [-0.05, 0) is 24.7 Å². The maximum absolute atomic E-state index is 12.3. The van der Waals surface area contributed by atoms with E-state index in [-0.39, 0.29) is 23.9 Å². The van der Waals surface area contributed by atoms with E-state index in [1.807, 2.05) is 39.8 Å². The molecule has 0 aromatic heterocycles. The van der Waals surface area contributed by atoms with E-state index in [0.29, 0.717) is 0 Å². The van der Waals surface area contributed by atoms with Crippen LogP contribution >= 0.6 is 0 Å². The van der Waals surface area contributed by atoms with Gasteiger partial charge in [0.25, 0.3) is 0 Å². The van der Waals surface area contributed by atoms with Gasteiger partial charge in [0.15, 0.2) is 0 Å². The Balaban J connectivity index is 2.90. The second-order valence-corrected chi connectivity index (χ2v) is 5.37. The third-order valence-corrected chi connectivity index (χ3v) is 3.99. The standard InChI is InChI=1S/C15H24O4/c1-5-11(6-2)19-15(18)13-10(4)8-7-9(3)12(13)14(16)17/h7-13H,5-6H2,1-4H3,(H,16,17). The van der Waals surface area contributed by atoms with E-state index in [2.05, 4.69) is 0 Å². The Morgan fingerprint density at radius 2 is 1.58 bits per heavy atom. The number of ether oxygens (including phenoxy) is 1. The predicted octanol–water partition coefficient (Wildman–Crippen LogP) is 2.88. The van der Waals surface area contributed by atoms with Gasteiger partial charge in [-0.15, -0.1) is 0 Å². The number of esters is 1.